The van der Waals surface area contributed by atoms with E-state index >= 15 is 0 Å². The second-order valence-electron chi connectivity index (χ2n) is 6.69. The van der Waals surface area contributed by atoms with Gasteiger partial charge >= 0.3 is 5.97 Å². The molecule has 1 aromatic carbocycles. The second-order valence-corrected chi connectivity index (χ2v) is 6.69. The lowest BCUT2D eigenvalue weighted by Crippen LogP contribution is -2.37. The number of imide groups is 1. The first kappa shape index (κ1) is 19.8. The molecule has 0 unspecified atom stereocenters. The van der Waals surface area contributed by atoms with Gasteiger partial charge in [0.15, 0.2) is 0 Å². The van der Waals surface area contributed by atoms with Gasteiger partial charge < -0.3 is 9.15 Å². The van der Waals surface area contributed by atoms with Gasteiger partial charge in [0.2, 0.25) is 0 Å². The van der Waals surface area contributed by atoms with Crippen molar-refractivity contribution in [3.05, 3.63) is 64.4 Å². The molecule has 1 N–H and O–H groups in total. The fourth-order valence-electron chi connectivity index (χ4n) is 2.83. The number of nitriles is 1. The van der Waals surface area contributed by atoms with Crippen molar-refractivity contribution in [3.63, 3.8) is 0 Å². The third kappa shape index (κ3) is 4.17. The first-order chi connectivity index (χ1) is 13.8. The standard InChI is InChI=1S/C22H18N2O5/c1-12(2)28-22(27)15-6-4-5-14(9-15)19-8-7-16(29-19)10-17-13(3)18(11-23)21(26)24-20(17)25/h4-10,12H,1-3H3,(H,24,25,26). The van der Waals surface area contributed by atoms with E-state index in [1.807, 2.05) is 0 Å². The molecule has 7 heteroatoms. The van der Waals surface area contributed by atoms with Crippen LogP contribution in [0.3, 0.4) is 0 Å². The minimum Gasteiger partial charge on any atom is -0.459 e. The molecule has 29 heavy (non-hydrogen) atoms. The van der Waals surface area contributed by atoms with Crippen LogP contribution >= 0.6 is 0 Å². The summed E-state index contributed by atoms with van der Waals surface area (Å²) in [4.78, 5) is 35.9. The quantitative estimate of drug-likeness (QED) is 0.487. The first-order valence-electron chi connectivity index (χ1n) is 8.90. The minimum absolute atomic E-state index is 0.112. The SMILES string of the molecule is CC1=C(C#N)C(=O)NC(=O)C1=Cc1ccc(-c2cccc(C(=O)OC(C)C)c2)o1. The molecular formula is C22H18N2O5. The van der Waals surface area contributed by atoms with E-state index in [4.69, 9.17) is 14.4 Å². The van der Waals surface area contributed by atoms with Gasteiger partial charge in [-0.15, -0.1) is 0 Å². The molecule has 0 bridgehead atoms. The van der Waals surface area contributed by atoms with E-state index in [-0.39, 0.29) is 22.8 Å². The Morgan fingerprint density at radius 2 is 1.97 bits per heavy atom. The van der Waals surface area contributed by atoms with Crippen LogP contribution in [-0.4, -0.2) is 23.9 Å². The maximum absolute atomic E-state index is 12.1. The van der Waals surface area contributed by atoms with Crippen molar-refractivity contribution in [2.75, 3.05) is 0 Å². The Balaban J connectivity index is 1.92. The number of amides is 2. The van der Waals surface area contributed by atoms with Crippen LogP contribution in [0.1, 0.15) is 36.9 Å². The summed E-state index contributed by atoms with van der Waals surface area (Å²) in [5.74, 6) is -0.874. The molecule has 2 heterocycles. The number of furan rings is 1. The van der Waals surface area contributed by atoms with Crippen molar-refractivity contribution < 1.29 is 23.5 Å². The van der Waals surface area contributed by atoms with Crippen LogP contribution in [0.2, 0.25) is 0 Å². The lowest BCUT2D eigenvalue weighted by atomic mass is 9.96. The third-order valence-electron chi connectivity index (χ3n) is 4.23. The fourth-order valence-corrected chi connectivity index (χ4v) is 2.83. The van der Waals surface area contributed by atoms with E-state index < -0.39 is 17.8 Å². The molecule has 1 aliphatic heterocycles. The summed E-state index contributed by atoms with van der Waals surface area (Å²) in [6.45, 7) is 5.09. The highest BCUT2D eigenvalue weighted by atomic mass is 16.5. The van der Waals surface area contributed by atoms with Gasteiger partial charge in [-0.05, 0) is 56.7 Å². The summed E-state index contributed by atoms with van der Waals surface area (Å²) in [5, 5.41) is 11.2. The molecule has 0 aliphatic carbocycles. The van der Waals surface area contributed by atoms with Crippen LogP contribution in [0.4, 0.5) is 0 Å². The van der Waals surface area contributed by atoms with Crippen LogP contribution in [0.5, 0.6) is 0 Å². The van der Waals surface area contributed by atoms with Crippen molar-refractivity contribution in [1.82, 2.24) is 5.32 Å². The van der Waals surface area contributed by atoms with E-state index in [0.29, 0.717) is 22.6 Å². The summed E-state index contributed by atoms with van der Waals surface area (Å²) in [6.07, 6.45) is 1.24. The number of rotatable bonds is 4. The monoisotopic (exact) mass is 390 g/mol. The van der Waals surface area contributed by atoms with E-state index in [9.17, 15) is 14.4 Å². The Labute approximate surface area is 167 Å². The summed E-state index contributed by atoms with van der Waals surface area (Å²) in [7, 11) is 0. The van der Waals surface area contributed by atoms with Gasteiger partial charge in [0.25, 0.3) is 11.8 Å². The van der Waals surface area contributed by atoms with Crippen LogP contribution < -0.4 is 5.32 Å². The molecule has 2 aromatic rings. The molecular weight excluding hydrogens is 372 g/mol. The Morgan fingerprint density at radius 3 is 2.66 bits per heavy atom. The Kier molecular flexibility index (Phi) is 5.46. The molecule has 7 nitrogen and oxygen atoms in total. The third-order valence-corrected chi connectivity index (χ3v) is 4.23. The zero-order valence-corrected chi connectivity index (χ0v) is 16.1. The van der Waals surface area contributed by atoms with Crippen LogP contribution in [0, 0.1) is 11.3 Å². The van der Waals surface area contributed by atoms with Crippen molar-refractivity contribution in [2.24, 2.45) is 0 Å². The van der Waals surface area contributed by atoms with E-state index in [1.165, 1.54) is 13.0 Å². The number of nitrogens with zero attached hydrogens (tertiary/aromatic N) is 1. The van der Waals surface area contributed by atoms with Crippen LogP contribution in [0.15, 0.2) is 57.5 Å². The predicted octanol–water partition coefficient (Wildman–Crippen LogP) is 3.39. The van der Waals surface area contributed by atoms with E-state index in [2.05, 4.69) is 5.32 Å². The Morgan fingerprint density at radius 1 is 1.21 bits per heavy atom. The lowest BCUT2D eigenvalue weighted by Gasteiger charge is -2.15. The average Bonchev–Trinajstić information content (AvgIpc) is 3.14. The normalized spacial score (nSPS) is 15.5. The van der Waals surface area contributed by atoms with Gasteiger partial charge in [-0.25, -0.2) is 4.79 Å². The Bertz CT molecular complexity index is 1110. The topological polar surface area (TPSA) is 109 Å². The van der Waals surface area contributed by atoms with Crippen molar-refractivity contribution in [3.8, 4) is 17.4 Å². The zero-order chi connectivity index (χ0) is 21.1. The summed E-state index contributed by atoms with van der Waals surface area (Å²) in [5.41, 5.74) is 1.42. The van der Waals surface area contributed by atoms with Gasteiger partial charge in [0.05, 0.1) is 11.7 Å². The van der Waals surface area contributed by atoms with Crippen molar-refractivity contribution in [2.45, 2.75) is 26.9 Å². The first-order valence-corrected chi connectivity index (χ1v) is 8.90. The average molecular weight is 390 g/mol. The van der Waals surface area contributed by atoms with Crippen LogP contribution in [0.25, 0.3) is 17.4 Å². The number of carbonyl (C=O) groups excluding carboxylic acids is 3. The highest BCUT2D eigenvalue weighted by Crippen LogP contribution is 2.27. The van der Waals surface area contributed by atoms with Gasteiger partial charge in [-0.3, -0.25) is 14.9 Å². The number of nitrogens with one attached hydrogen (secondary N) is 1. The minimum atomic E-state index is -0.711. The number of ether oxygens (including phenoxy) is 1. The molecule has 0 spiro atoms. The fraction of sp³-hybridized carbons (Fsp3) is 0.182. The second kappa shape index (κ2) is 7.98. The van der Waals surface area contributed by atoms with Crippen molar-refractivity contribution in [1.29, 1.82) is 5.26 Å². The maximum Gasteiger partial charge on any atom is 0.338 e. The van der Waals surface area contributed by atoms with E-state index in [1.54, 1.807) is 56.3 Å². The molecule has 0 atom stereocenters. The molecule has 1 aliphatic rings. The smallest absolute Gasteiger partial charge is 0.338 e. The maximum atomic E-state index is 12.1. The molecule has 1 aromatic heterocycles. The molecule has 0 saturated heterocycles. The molecule has 3 rings (SSSR count). The summed E-state index contributed by atoms with van der Waals surface area (Å²) < 4.78 is 11.0. The predicted molar refractivity (Wildman–Crippen MR) is 104 cm³/mol. The zero-order valence-electron chi connectivity index (χ0n) is 16.1. The van der Waals surface area contributed by atoms with Crippen LogP contribution in [-0.2, 0) is 14.3 Å². The van der Waals surface area contributed by atoms with Crippen molar-refractivity contribution >= 4 is 23.9 Å². The number of benzene rings is 1. The van der Waals surface area contributed by atoms with Gasteiger partial charge in [0.1, 0.15) is 23.2 Å². The molecule has 0 radical (unpaired) electrons. The number of carbonyl (C=O) groups is 3. The molecule has 2 amide bonds. The number of hydrogen-bond donors (Lipinski definition) is 1. The van der Waals surface area contributed by atoms with E-state index in [0.717, 1.165) is 0 Å². The van der Waals surface area contributed by atoms with Gasteiger partial charge in [-0.2, -0.15) is 5.26 Å². The highest BCUT2D eigenvalue weighted by molar-refractivity contribution is 6.19. The molecule has 146 valence electrons. The highest BCUT2D eigenvalue weighted by Gasteiger charge is 2.27. The Hall–Kier alpha value is -3.92. The molecule has 0 saturated carbocycles. The van der Waals surface area contributed by atoms with Gasteiger partial charge in [0, 0.05) is 11.1 Å². The summed E-state index contributed by atoms with van der Waals surface area (Å²) >= 11 is 0. The largest absolute Gasteiger partial charge is 0.459 e. The molecule has 0 fully saturated rings. The number of hydrogen-bond acceptors (Lipinski definition) is 6. The number of esters is 1. The van der Waals surface area contributed by atoms with Gasteiger partial charge in [-0.1, -0.05) is 12.1 Å². The summed E-state index contributed by atoms with van der Waals surface area (Å²) in [6, 6.07) is 12.0. The lowest BCUT2D eigenvalue weighted by molar-refractivity contribution is -0.126.